The predicted octanol–water partition coefficient (Wildman–Crippen LogP) is -2.26. The minimum Gasteiger partial charge on any atom is -0.463 e. The Labute approximate surface area is 252 Å². The highest BCUT2D eigenvalue weighted by Crippen LogP contribution is 2.33. The molecule has 0 radical (unpaired) electrons. The third kappa shape index (κ3) is 10.7. The quantitative estimate of drug-likeness (QED) is 0.161. The molecule has 0 aromatic heterocycles. The standard InChI is InChI=1S/C26H38N2O16/c1-10(29)27-19-23(40-15(6)34)22(17(42-25(19)36)8-37-12(3)31)44-26-20(28-11(2)30)24(41-16(7)35)21(39-14(5)33)18(43-26)9-38-13(4)32/h17-26,36H,8-9H2,1-7H3,(H,27,29)(H,28,30)/t17-,18+,19-,20-,21-,22-,23+,24+,25-,26+/m1/s1. The molecule has 2 aliphatic heterocycles. The van der Waals surface area contributed by atoms with Crippen LogP contribution in [0.25, 0.3) is 0 Å². The smallest absolute Gasteiger partial charge is 0.303 e. The highest BCUT2D eigenvalue weighted by atomic mass is 16.7. The van der Waals surface area contributed by atoms with Gasteiger partial charge in [0.15, 0.2) is 30.9 Å². The SMILES string of the molecule is CC(=O)N[C@@H]1[C@H](OC(C)=O)[C@H](O[C@@H]2O[C@@H](COC(C)=O)[C@@H](OC(C)=O)[C@@H](OC(C)=O)[C@H]2NC(C)=O)[C@@H](COC(C)=O)O[C@H]1O. The number of aliphatic hydroxyl groups excluding tert-OH is 1. The first kappa shape index (κ1) is 36.3. The van der Waals surface area contributed by atoms with Gasteiger partial charge in [-0.15, -0.1) is 0 Å². The molecule has 0 spiro atoms. The van der Waals surface area contributed by atoms with Crippen molar-refractivity contribution in [3.05, 3.63) is 0 Å². The zero-order valence-electron chi connectivity index (χ0n) is 25.3. The van der Waals surface area contributed by atoms with Gasteiger partial charge in [-0.1, -0.05) is 0 Å². The number of hydrogen-bond donors (Lipinski definition) is 3. The summed E-state index contributed by atoms with van der Waals surface area (Å²) in [5, 5.41) is 15.6. The van der Waals surface area contributed by atoms with Gasteiger partial charge in [-0.3, -0.25) is 33.6 Å². The van der Waals surface area contributed by atoms with Gasteiger partial charge in [0.05, 0.1) is 0 Å². The number of carbonyl (C=O) groups is 7. The fraction of sp³-hybridized carbons (Fsp3) is 0.731. The first-order valence-corrected chi connectivity index (χ1v) is 13.5. The second-order valence-corrected chi connectivity index (χ2v) is 9.99. The van der Waals surface area contributed by atoms with Crippen LogP contribution in [-0.4, -0.2) is 121 Å². The molecule has 0 aromatic carbocycles. The Morgan fingerprint density at radius 1 is 0.568 bits per heavy atom. The molecule has 18 nitrogen and oxygen atoms in total. The van der Waals surface area contributed by atoms with Gasteiger partial charge in [0.25, 0.3) is 0 Å². The summed E-state index contributed by atoms with van der Waals surface area (Å²) >= 11 is 0. The lowest BCUT2D eigenvalue weighted by Crippen LogP contribution is -2.70. The Morgan fingerprint density at radius 3 is 1.41 bits per heavy atom. The summed E-state index contributed by atoms with van der Waals surface area (Å²) in [6.45, 7) is 6.58. The number of hydrogen-bond acceptors (Lipinski definition) is 16. The zero-order valence-corrected chi connectivity index (χ0v) is 25.3. The van der Waals surface area contributed by atoms with Crippen LogP contribution >= 0.6 is 0 Å². The topological polar surface area (TPSA) is 238 Å². The molecule has 2 amide bonds. The van der Waals surface area contributed by atoms with Gasteiger partial charge in [-0.05, 0) is 0 Å². The third-order valence-corrected chi connectivity index (χ3v) is 6.15. The highest BCUT2D eigenvalue weighted by molar-refractivity contribution is 5.74. The average molecular weight is 635 g/mol. The van der Waals surface area contributed by atoms with Crippen molar-refractivity contribution in [1.29, 1.82) is 0 Å². The molecule has 18 heteroatoms. The molecule has 10 atom stereocenters. The van der Waals surface area contributed by atoms with E-state index in [1.807, 2.05) is 0 Å². The van der Waals surface area contributed by atoms with Crippen molar-refractivity contribution in [2.45, 2.75) is 110 Å². The first-order chi connectivity index (χ1) is 20.5. The Kier molecular flexibility index (Phi) is 13.4. The fourth-order valence-corrected chi connectivity index (χ4v) is 4.70. The van der Waals surface area contributed by atoms with Gasteiger partial charge in [0, 0.05) is 48.5 Å². The number of amides is 2. The molecule has 2 saturated heterocycles. The zero-order chi connectivity index (χ0) is 33.3. The Hall–Kier alpha value is -3.87. The first-order valence-electron chi connectivity index (χ1n) is 13.5. The third-order valence-electron chi connectivity index (χ3n) is 6.15. The number of carbonyl (C=O) groups excluding carboxylic acids is 7. The monoisotopic (exact) mass is 634 g/mol. The van der Waals surface area contributed by atoms with Crippen LogP contribution in [0, 0.1) is 0 Å². The summed E-state index contributed by atoms with van der Waals surface area (Å²) in [5.74, 6) is -5.31. The minimum atomic E-state index is -1.78. The molecule has 0 bridgehead atoms. The van der Waals surface area contributed by atoms with E-state index in [4.69, 9.17) is 37.9 Å². The summed E-state index contributed by atoms with van der Waals surface area (Å²) in [5.41, 5.74) is 0. The highest BCUT2D eigenvalue weighted by Gasteiger charge is 2.55. The maximum absolute atomic E-state index is 12.3. The second-order valence-electron chi connectivity index (χ2n) is 9.99. The summed E-state index contributed by atoms with van der Waals surface area (Å²) in [6.07, 6.45) is -12.1. The van der Waals surface area contributed by atoms with Crippen LogP contribution in [0.15, 0.2) is 0 Å². The molecule has 0 unspecified atom stereocenters. The summed E-state index contributed by atoms with van der Waals surface area (Å²) in [4.78, 5) is 83.8. The van der Waals surface area contributed by atoms with E-state index in [2.05, 4.69) is 10.6 Å². The second kappa shape index (κ2) is 16.3. The number of esters is 5. The van der Waals surface area contributed by atoms with Crippen molar-refractivity contribution in [3.63, 3.8) is 0 Å². The number of nitrogens with one attached hydrogen (secondary N) is 2. The molecule has 44 heavy (non-hydrogen) atoms. The van der Waals surface area contributed by atoms with E-state index in [-0.39, 0.29) is 0 Å². The van der Waals surface area contributed by atoms with Crippen LogP contribution in [0.2, 0.25) is 0 Å². The van der Waals surface area contributed by atoms with Crippen molar-refractivity contribution in [2.75, 3.05) is 13.2 Å². The Morgan fingerprint density at radius 2 is 0.977 bits per heavy atom. The molecule has 0 saturated carbocycles. The van der Waals surface area contributed by atoms with E-state index in [0.717, 1.165) is 48.5 Å². The van der Waals surface area contributed by atoms with Gasteiger partial charge in [0.2, 0.25) is 11.8 Å². The van der Waals surface area contributed by atoms with E-state index in [1.165, 1.54) is 0 Å². The lowest BCUT2D eigenvalue weighted by Gasteiger charge is -2.49. The molecule has 248 valence electrons. The average Bonchev–Trinajstić information content (AvgIpc) is 2.87. The molecule has 0 aliphatic carbocycles. The Balaban J connectivity index is 2.66. The van der Waals surface area contributed by atoms with Gasteiger partial charge < -0.3 is 53.6 Å². The number of rotatable bonds is 11. The minimum absolute atomic E-state index is 0.531. The van der Waals surface area contributed by atoms with Crippen LogP contribution in [0.5, 0.6) is 0 Å². The fourth-order valence-electron chi connectivity index (χ4n) is 4.70. The van der Waals surface area contributed by atoms with Crippen LogP contribution in [0.1, 0.15) is 48.5 Å². The van der Waals surface area contributed by atoms with Crippen LogP contribution in [0.3, 0.4) is 0 Å². The maximum Gasteiger partial charge on any atom is 0.303 e. The van der Waals surface area contributed by atoms with Gasteiger partial charge in [-0.25, -0.2) is 0 Å². The molecule has 3 N–H and O–H groups in total. The summed E-state index contributed by atoms with van der Waals surface area (Å²) < 4.78 is 44.2. The predicted molar refractivity (Wildman–Crippen MR) is 140 cm³/mol. The molecule has 2 aliphatic rings. The van der Waals surface area contributed by atoms with Crippen LogP contribution < -0.4 is 10.6 Å². The van der Waals surface area contributed by atoms with E-state index in [0.29, 0.717) is 0 Å². The summed E-state index contributed by atoms with van der Waals surface area (Å²) in [6, 6.07) is -2.83. The van der Waals surface area contributed by atoms with E-state index < -0.39 is 116 Å². The van der Waals surface area contributed by atoms with E-state index in [1.54, 1.807) is 0 Å². The lowest BCUT2D eigenvalue weighted by molar-refractivity contribution is -0.330. The molecular weight excluding hydrogens is 596 g/mol. The van der Waals surface area contributed by atoms with Gasteiger partial charge in [0.1, 0.15) is 43.6 Å². The van der Waals surface area contributed by atoms with Crippen molar-refractivity contribution in [2.24, 2.45) is 0 Å². The largest absolute Gasteiger partial charge is 0.463 e. The van der Waals surface area contributed by atoms with Gasteiger partial charge in [-0.2, -0.15) is 0 Å². The normalized spacial score (nSPS) is 31.5. The van der Waals surface area contributed by atoms with E-state index in [9.17, 15) is 38.7 Å². The van der Waals surface area contributed by atoms with Crippen molar-refractivity contribution in [3.8, 4) is 0 Å². The lowest BCUT2D eigenvalue weighted by atomic mass is 9.94. The molecule has 2 rings (SSSR count). The van der Waals surface area contributed by atoms with Crippen LogP contribution in [0.4, 0.5) is 0 Å². The molecular formula is C26H38N2O16. The van der Waals surface area contributed by atoms with Crippen LogP contribution in [-0.2, 0) is 71.5 Å². The Bertz CT molecular complexity index is 1100. The van der Waals surface area contributed by atoms with Crippen molar-refractivity contribution >= 4 is 41.7 Å². The van der Waals surface area contributed by atoms with Crippen molar-refractivity contribution in [1.82, 2.24) is 10.6 Å². The molecule has 2 heterocycles. The number of aliphatic hydroxyl groups is 1. The van der Waals surface area contributed by atoms with Crippen molar-refractivity contribution < 1.29 is 76.6 Å². The maximum atomic E-state index is 12.3. The number of ether oxygens (including phenoxy) is 8. The van der Waals surface area contributed by atoms with E-state index >= 15 is 0 Å². The summed E-state index contributed by atoms with van der Waals surface area (Å²) in [7, 11) is 0. The molecule has 0 aromatic rings. The molecule has 2 fully saturated rings. The van der Waals surface area contributed by atoms with Gasteiger partial charge >= 0.3 is 29.8 Å².